The van der Waals surface area contributed by atoms with Gasteiger partial charge in [-0.05, 0) is 43.9 Å². The largest absolute Gasteiger partial charge is 0.474 e. The van der Waals surface area contributed by atoms with Crippen LogP contribution >= 0.6 is 0 Å². The summed E-state index contributed by atoms with van der Waals surface area (Å²) in [6.07, 6.45) is 3.78. The van der Waals surface area contributed by atoms with Gasteiger partial charge in [-0.1, -0.05) is 61.5 Å². The van der Waals surface area contributed by atoms with Gasteiger partial charge in [0, 0.05) is 5.56 Å². The van der Waals surface area contributed by atoms with Crippen molar-refractivity contribution < 1.29 is 19.4 Å². The summed E-state index contributed by atoms with van der Waals surface area (Å²) in [4.78, 5) is 12.3. The topological polar surface area (TPSA) is 55.8 Å². The lowest BCUT2D eigenvalue weighted by Gasteiger charge is -2.18. The average molecular weight is 368 g/mol. The summed E-state index contributed by atoms with van der Waals surface area (Å²) in [5.41, 5.74) is 1.79. The molecule has 0 radical (unpaired) electrons. The fourth-order valence-electron chi connectivity index (χ4n) is 2.51. The molecule has 2 aromatic rings. The van der Waals surface area contributed by atoms with Crippen molar-refractivity contribution in [2.75, 3.05) is 6.61 Å². The first kappa shape index (κ1) is 20.7. The van der Waals surface area contributed by atoms with E-state index in [1.54, 1.807) is 13.8 Å². The van der Waals surface area contributed by atoms with Gasteiger partial charge in [-0.25, -0.2) is 4.79 Å². The summed E-state index contributed by atoms with van der Waals surface area (Å²) in [5.74, 6) is 0.422. The second kappa shape index (κ2) is 10.5. The van der Waals surface area contributed by atoms with Gasteiger partial charge < -0.3 is 14.6 Å². The predicted octanol–water partition coefficient (Wildman–Crippen LogP) is 4.79. The second-order valence-electron chi connectivity index (χ2n) is 6.59. The van der Waals surface area contributed by atoms with Crippen molar-refractivity contribution in [1.29, 1.82) is 0 Å². The number of hydrogen-bond acceptors (Lipinski definition) is 4. The maximum Gasteiger partial charge on any atom is 0.352 e. The summed E-state index contributed by atoms with van der Waals surface area (Å²) in [6.45, 7) is 5.90. The molecule has 27 heavy (non-hydrogen) atoms. The first-order valence-electron chi connectivity index (χ1n) is 9.34. The fraction of sp³-hybridized carbons (Fsp3) is 0.348. The second-order valence-corrected chi connectivity index (χ2v) is 6.59. The Hall–Kier alpha value is -2.59. The summed E-state index contributed by atoms with van der Waals surface area (Å²) in [7, 11) is 0. The van der Waals surface area contributed by atoms with Gasteiger partial charge in [0.25, 0.3) is 0 Å². The Balaban J connectivity index is 2.06. The first-order valence-corrected chi connectivity index (χ1v) is 9.34. The third-order valence-corrected chi connectivity index (χ3v) is 4.38. The minimum Gasteiger partial charge on any atom is -0.474 e. The zero-order valence-corrected chi connectivity index (χ0v) is 16.2. The minimum absolute atomic E-state index is 0.222. The highest BCUT2D eigenvalue weighted by Crippen LogP contribution is 2.24. The highest BCUT2D eigenvalue weighted by Gasteiger charge is 2.23. The number of ether oxygens (including phenoxy) is 2. The summed E-state index contributed by atoms with van der Waals surface area (Å²) < 4.78 is 11.1. The molecule has 2 aromatic carbocycles. The highest BCUT2D eigenvalue weighted by molar-refractivity contribution is 5.77. The average Bonchev–Trinajstić information content (AvgIpc) is 2.68. The van der Waals surface area contributed by atoms with Crippen LogP contribution in [-0.4, -0.2) is 23.8 Å². The molecular formula is C23H28O4. The lowest BCUT2D eigenvalue weighted by Crippen LogP contribution is -2.21. The van der Waals surface area contributed by atoms with Crippen LogP contribution in [0.3, 0.4) is 0 Å². The van der Waals surface area contributed by atoms with Crippen molar-refractivity contribution in [3.8, 4) is 5.75 Å². The van der Waals surface area contributed by atoms with Crippen LogP contribution < -0.4 is 4.74 Å². The number of carbonyl (C=O) groups excluding carboxylic acids is 1. The van der Waals surface area contributed by atoms with Crippen molar-refractivity contribution >= 4 is 12.0 Å². The van der Waals surface area contributed by atoms with E-state index in [1.165, 1.54) is 0 Å². The molecular weight excluding hydrogens is 340 g/mol. The Kier molecular flexibility index (Phi) is 8.08. The molecule has 1 N–H and O–H groups in total. The van der Waals surface area contributed by atoms with Crippen LogP contribution in [0.25, 0.3) is 6.08 Å². The van der Waals surface area contributed by atoms with E-state index in [2.05, 4.69) is 6.08 Å². The summed E-state index contributed by atoms with van der Waals surface area (Å²) in [6, 6.07) is 16.9. The van der Waals surface area contributed by atoms with E-state index in [0.717, 1.165) is 17.5 Å². The van der Waals surface area contributed by atoms with E-state index in [-0.39, 0.29) is 12.0 Å². The van der Waals surface area contributed by atoms with Crippen LogP contribution in [0.4, 0.5) is 0 Å². The van der Waals surface area contributed by atoms with Crippen LogP contribution in [0.1, 0.15) is 44.4 Å². The van der Waals surface area contributed by atoms with Gasteiger partial charge in [0.05, 0.1) is 12.7 Å². The fourth-order valence-corrected chi connectivity index (χ4v) is 2.51. The van der Waals surface area contributed by atoms with E-state index in [0.29, 0.717) is 12.4 Å². The molecule has 0 amide bonds. The number of benzene rings is 2. The molecule has 0 aliphatic heterocycles. The SMILES string of the molecule is CCOC(=O)C(Oc1ccc(/C=C/C[C@@H](C)[C@H](C)O)cc1)c1ccccc1. The van der Waals surface area contributed by atoms with Gasteiger partial charge in [-0.3, -0.25) is 0 Å². The molecule has 0 saturated heterocycles. The normalized spacial score (nSPS) is 14.5. The van der Waals surface area contributed by atoms with Crippen LogP contribution in [0, 0.1) is 5.92 Å². The number of aliphatic hydroxyl groups is 1. The highest BCUT2D eigenvalue weighted by atomic mass is 16.6. The molecule has 144 valence electrons. The van der Waals surface area contributed by atoms with Gasteiger partial charge in [0.1, 0.15) is 5.75 Å². The zero-order valence-electron chi connectivity index (χ0n) is 16.2. The molecule has 0 fully saturated rings. The van der Waals surface area contributed by atoms with E-state index in [9.17, 15) is 9.90 Å². The molecule has 0 aliphatic carbocycles. The molecule has 1 unspecified atom stereocenters. The van der Waals surface area contributed by atoms with Crippen molar-refractivity contribution in [3.63, 3.8) is 0 Å². The number of aliphatic hydroxyl groups excluding tert-OH is 1. The van der Waals surface area contributed by atoms with E-state index >= 15 is 0 Å². The Labute approximate surface area is 161 Å². The van der Waals surface area contributed by atoms with Crippen molar-refractivity contribution in [3.05, 3.63) is 71.8 Å². The van der Waals surface area contributed by atoms with Crippen LogP contribution in [0.2, 0.25) is 0 Å². The number of hydrogen-bond donors (Lipinski definition) is 1. The predicted molar refractivity (Wildman–Crippen MR) is 107 cm³/mol. The molecule has 0 heterocycles. The van der Waals surface area contributed by atoms with E-state index in [4.69, 9.17) is 9.47 Å². The molecule has 4 nitrogen and oxygen atoms in total. The number of esters is 1. The Bertz CT molecular complexity index is 720. The third kappa shape index (κ3) is 6.57. The van der Waals surface area contributed by atoms with Crippen molar-refractivity contribution in [2.45, 2.75) is 39.4 Å². The molecule has 3 atom stereocenters. The molecule has 0 aliphatic rings. The smallest absolute Gasteiger partial charge is 0.352 e. The lowest BCUT2D eigenvalue weighted by atomic mass is 10.0. The van der Waals surface area contributed by atoms with Crippen molar-refractivity contribution in [1.82, 2.24) is 0 Å². The first-order chi connectivity index (χ1) is 13.0. The Morgan fingerprint density at radius 1 is 1.07 bits per heavy atom. The van der Waals surface area contributed by atoms with Gasteiger partial charge in [0.2, 0.25) is 6.10 Å². The maximum atomic E-state index is 12.3. The monoisotopic (exact) mass is 368 g/mol. The van der Waals surface area contributed by atoms with Crippen LogP contribution in [0.15, 0.2) is 60.7 Å². The number of carbonyl (C=O) groups is 1. The Morgan fingerprint density at radius 2 is 1.74 bits per heavy atom. The van der Waals surface area contributed by atoms with Gasteiger partial charge in [-0.2, -0.15) is 0 Å². The number of rotatable bonds is 9. The van der Waals surface area contributed by atoms with Gasteiger partial charge in [0.15, 0.2) is 0 Å². The molecule has 0 saturated carbocycles. The Morgan fingerprint density at radius 3 is 2.33 bits per heavy atom. The summed E-state index contributed by atoms with van der Waals surface area (Å²) in [5, 5.41) is 9.53. The molecule has 0 bridgehead atoms. The third-order valence-electron chi connectivity index (χ3n) is 4.38. The molecule has 0 aromatic heterocycles. The molecule has 2 rings (SSSR count). The summed E-state index contributed by atoms with van der Waals surface area (Å²) >= 11 is 0. The lowest BCUT2D eigenvalue weighted by molar-refractivity contribution is -0.151. The minimum atomic E-state index is -0.792. The standard InChI is InChI=1S/C23H28O4/c1-4-26-23(25)22(20-11-6-5-7-12-20)27-21-15-13-19(14-16-21)10-8-9-17(2)18(3)24/h5-8,10-18,22,24H,4,9H2,1-3H3/b10-8+/t17-,18+,22?/m1/s1. The van der Waals surface area contributed by atoms with Crippen LogP contribution in [0.5, 0.6) is 5.75 Å². The quantitative estimate of drug-likeness (QED) is 0.647. The molecule has 4 heteroatoms. The van der Waals surface area contributed by atoms with Crippen molar-refractivity contribution in [2.24, 2.45) is 5.92 Å². The van der Waals surface area contributed by atoms with Crippen LogP contribution in [-0.2, 0) is 9.53 Å². The van der Waals surface area contributed by atoms with E-state index in [1.807, 2.05) is 67.6 Å². The maximum absolute atomic E-state index is 12.3. The zero-order chi connectivity index (χ0) is 19.6. The van der Waals surface area contributed by atoms with Gasteiger partial charge in [-0.15, -0.1) is 0 Å². The molecule has 0 spiro atoms. The van der Waals surface area contributed by atoms with Gasteiger partial charge >= 0.3 is 5.97 Å². The number of allylic oxidation sites excluding steroid dienone is 1. The van der Waals surface area contributed by atoms with E-state index < -0.39 is 12.1 Å².